The van der Waals surface area contributed by atoms with E-state index in [0.29, 0.717) is 5.56 Å². The van der Waals surface area contributed by atoms with Crippen LogP contribution in [0.2, 0.25) is 0 Å². The molecule has 0 fully saturated rings. The number of nitrogens with one attached hydrogen (secondary N) is 4. The number of H-pyrrole nitrogens is 1. The molecule has 15 nitrogen and oxygen atoms in total. The molecule has 2 aromatic rings. The van der Waals surface area contributed by atoms with Gasteiger partial charge in [0.15, 0.2) is 5.96 Å². The Balaban J connectivity index is 2.23. The molecule has 0 saturated carbocycles. The molecule has 1 heterocycles. The van der Waals surface area contributed by atoms with Gasteiger partial charge in [-0.25, -0.2) is 4.79 Å². The van der Waals surface area contributed by atoms with Crippen molar-refractivity contribution in [2.24, 2.45) is 28.1 Å². The Morgan fingerprint density at radius 3 is 2.22 bits per heavy atom. The van der Waals surface area contributed by atoms with Gasteiger partial charge < -0.3 is 48.3 Å². The topological polar surface area (TPSA) is 268 Å². The predicted molar refractivity (Wildman–Crippen MR) is 150 cm³/mol. The van der Waals surface area contributed by atoms with Crippen molar-refractivity contribution in [1.29, 1.82) is 0 Å². The number of carbonyl (C=O) groups is 5. The van der Waals surface area contributed by atoms with E-state index in [-0.39, 0.29) is 31.8 Å². The maximum Gasteiger partial charge on any atom is 0.326 e. The van der Waals surface area contributed by atoms with Gasteiger partial charge in [-0.3, -0.25) is 24.2 Å². The highest BCUT2D eigenvalue weighted by molar-refractivity contribution is 5.95. The Bertz CT molecular complexity index is 1270. The summed E-state index contributed by atoms with van der Waals surface area (Å²) in [6, 6.07) is 2.25. The van der Waals surface area contributed by atoms with E-state index < -0.39 is 66.2 Å². The molecule has 2 rings (SSSR count). The highest BCUT2D eigenvalue weighted by Gasteiger charge is 2.32. The molecule has 12 N–H and O–H groups in total. The van der Waals surface area contributed by atoms with Crippen LogP contribution in [-0.4, -0.2) is 81.5 Å². The van der Waals surface area contributed by atoms with Crippen molar-refractivity contribution in [3.8, 4) is 0 Å². The van der Waals surface area contributed by atoms with Crippen LogP contribution in [0.25, 0.3) is 10.9 Å². The van der Waals surface area contributed by atoms with E-state index in [2.05, 4.69) is 25.9 Å². The summed E-state index contributed by atoms with van der Waals surface area (Å²) in [6.07, 6.45) is 1.35. The normalized spacial score (nSPS) is 14.0. The lowest BCUT2D eigenvalue weighted by atomic mass is 9.99. The molecule has 0 spiro atoms. The van der Waals surface area contributed by atoms with Crippen LogP contribution in [0.1, 0.15) is 38.7 Å². The van der Waals surface area contributed by atoms with Gasteiger partial charge in [0.2, 0.25) is 17.7 Å². The largest absolute Gasteiger partial charge is 0.481 e. The molecule has 0 radical (unpaired) electrons. The third kappa shape index (κ3) is 10.1. The molecular formula is C26H38N8O7. The number of carboxylic acid groups (broad SMARTS) is 2. The van der Waals surface area contributed by atoms with Gasteiger partial charge in [-0.2, -0.15) is 0 Å². The zero-order valence-electron chi connectivity index (χ0n) is 22.9. The fourth-order valence-corrected chi connectivity index (χ4v) is 4.10. The molecule has 4 atom stereocenters. The summed E-state index contributed by atoms with van der Waals surface area (Å²) < 4.78 is 0. The lowest BCUT2D eigenvalue weighted by Gasteiger charge is -2.27. The number of fused-ring (bicyclic) bond motifs is 1. The number of nitrogens with zero attached hydrogens (tertiary/aromatic N) is 1. The van der Waals surface area contributed by atoms with Crippen LogP contribution in [0.4, 0.5) is 0 Å². The van der Waals surface area contributed by atoms with Crippen molar-refractivity contribution in [1.82, 2.24) is 20.9 Å². The van der Waals surface area contributed by atoms with E-state index in [0.717, 1.165) is 10.9 Å². The second-order valence-corrected chi connectivity index (χ2v) is 9.91. The molecule has 15 heteroatoms. The minimum Gasteiger partial charge on any atom is -0.481 e. The summed E-state index contributed by atoms with van der Waals surface area (Å²) >= 11 is 0. The molecule has 0 aliphatic carbocycles. The Hall–Kier alpha value is -4.66. The lowest BCUT2D eigenvalue weighted by Crippen LogP contribution is -2.59. The number of benzene rings is 1. The molecule has 1 aromatic carbocycles. The number of carbonyl (C=O) groups excluding carboxylic acids is 3. The molecule has 0 saturated heterocycles. The van der Waals surface area contributed by atoms with Gasteiger partial charge >= 0.3 is 11.9 Å². The summed E-state index contributed by atoms with van der Waals surface area (Å²) in [7, 11) is 0. The fourth-order valence-electron chi connectivity index (χ4n) is 4.10. The summed E-state index contributed by atoms with van der Waals surface area (Å²) in [4.78, 5) is 68.9. The average molecular weight is 575 g/mol. The lowest BCUT2D eigenvalue weighted by molar-refractivity contribution is -0.142. The van der Waals surface area contributed by atoms with Crippen molar-refractivity contribution in [3.05, 3.63) is 36.0 Å². The van der Waals surface area contributed by atoms with Crippen molar-refractivity contribution in [2.75, 3.05) is 6.54 Å². The minimum absolute atomic E-state index is 0.00362. The fraction of sp³-hybridized carbons (Fsp3) is 0.462. The number of hydrogen-bond donors (Lipinski definition) is 9. The number of nitrogens with two attached hydrogens (primary N) is 3. The van der Waals surface area contributed by atoms with Gasteiger partial charge in [-0.1, -0.05) is 32.0 Å². The van der Waals surface area contributed by atoms with Crippen LogP contribution in [0.3, 0.4) is 0 Å². The number of aromatic nitrogens is 1. The van der Waals surface area contributed by atoms with Crippen molar-refractivity contribution >= 4 is 46.5 Å². The number of carboxylic acids is 2. The molecule has 0 aliphatic rings. The van der Waals surface area contributed by atoms with Crippen molar-refractivity contribution in [2.45, 2.75) is 63.7 Å². The zero-order chi connectivity index (χ0) is 30.7. The van der Waals surface area contributed by atoms with Crippen LogP contribution in [0.15, 0.2) is 35.5 Å². The number of hydrogen-bond acceptors (Lipinski definition) is 7. The average Bonchev–Trinajstić information content (AvgIpc) is 3.30. The molecular weight excluding hydrogens is 536 g/mol. The highest BCUT2D eigenvalue weighted by Crippen LogP contribution is 2.19. The first kappa shape index (κ1) is 32.6. The third-order valence-electron chi connectivity index (χ3n) is 6.27. The SMILES string of the molecule is CC(C)C(NC(=O)C(Cc1c[nH]c2ccccc12)NC(=O)C(N)CC(=O)O)C(=O)NC(CCCN=C(N)N)C(=O)O. The second kappa shape index (κ2) is 15.2. The van der Waals surface area contributed by atoms with Gasteiger partial charge in [0.1, 0.15) is 18.1 Å². The van der Waals surface area contributed by atoms with Crippen LogP contribution in [0.5, 0.6) is 0 Å². The quantitative estimate of drug-likeness (QED) is 0.0653. The van der Waals surface area contributed by atoms with Gasteiger partial charge in [0.25, 0.3) is 0 Å². The number of aromatic amines is 1. The number of amides is 3. The summed E-state index contributed by atoms with van der Waals surface area (Å²) in [5, 5.41) is 26.9. The standard InChI is InChI=1S/C26H38N8O7/c1-13(2)21(24(39)32-18(25(40)41)8-5-9-30-26(28)29)34-23(38)19(33-22(37)16(27)11-20(35)36)10-14-12-31-17-7-4-3-6-15(14)17/h3-4,6-7,12-13,16,18-19,21,31H,5,8-11,27H2,1-2H3,(H,32,39)(H,33,37)(H,34,38)(H,35,36)(H,40,41)(H4,28,29,30). The Labute approximate surface area is 236 Å². The molecule has 1 aromatic heterocycles. The Morgan fingerprint density at radius 1 is 0.951 bits per heavy atom. The predicted octanol–water partition coefficient (Wildman–Crippen LogP) is -1.24. The van der Waals surface area contributed by atoms with E-state index in [1.165, 1.54) is 0 Å². The number of para-hydroxylation sites is 1. The first-order valence-corrected chi connectivity index (χ1v) is 13.0. The first-order valence-electron chi connectivity index (χ1n) is 13.0. The van der Waals surface area contributed by atoms with E-state index in [1.807, 2.05) is 24.3 Å². The minimum atomic E-state index is -1.41. The number of aliphatic imine (C=N–C) groups is 1. The zero-order valence-corrected chi connectivity index (χ0v) is 22.9. The molecule has 0 bridgehead atoms. The highest BCUT2D eigenvalue weighted by atomic mass is 16.4. The molecule has 41 heavy (non-hydrogen) atoms. The number of guanidine groups is 1. The molecule has 224 valence electrons. The number of rotatable bonds is 16. The Kier molecular flexibility index (Phi) is 12.1. The second-order valence-electron chi connectivity index (χ2n) is 9.91. The third-order valence-corrected chi connectivity index (χ3v) is 6.27. The van der Waals surface area contributed by atoms with Crippen LogP contribution < -0.4 is 33.2 Å². The summed E-state index contributed by atoms with van der Waals surface area (Å²) in [6.45, 7) is 3.50. The van der Waals surface area contributed by atoms with Gasteiger partial charge in [-0.05, 0) is 30.4 Å². The van der Waals surface area contributed by atoms with Crippen LogP contribution in [0, 0.1) is 5.92 Å². The number of aliphatic carboxylic acids is 2. The molecule has 0 aliphatic heterocycles. The maximum atomic E-state index is 13.5. The van der Waals surface area contributed by atoms with Gasteiger partial charge in [0, 0.05) is 30.1 Å². The Morgan fingerprint density at radius 2 is 1.61 bits per heavy atom. The first-order chi connectivity index (χ1) is 19.3. The van der Waals surface area contributed by atoms with E-state index in [1.54, 1.807) is 20.0 Å². The molecule has 4 unspecified atom stereocenters. The van der Waals surface area contributed by atoms with Crippen molar-refractivity contribution in [3.63, 3.8) is 0 Å². The molecule has 3 amide bonds. The van der Waals surface area contributed by atoms with E-state index in [9.17, 15) is 29.1 Å². The summed E-state index contributed by atoms with van der Waals surface area (Å²) in [5.74, 6) is -5.48. The summed E-state index contributed by atoms with van der Waals surface area (Å²) in [5.41, 5.74) is 17.7. The monoisotopic (exact) mass is 574 g/mol. The smallest absolute Gasteiger partial charge is 0.326 e. The van der Waals surface area contributed by atoms with Gasteiger partial charge in [-0.15, -0.1) is 0 Å². The van der Waals surface area contributed by atoms with E-state index >= 15 is 0 Å². The maximum absolute atomic E-state index is 13.5. The van der Waals surface area contributed by atoms with Crippen molar-refractivity contribution < 1.29 is 34.2 Å². The van der Waals surface area contributed by atoms with E-state index in [4.69, 9.17) is 22.3 Å². The van der Waals surface area contributed by atoms with Gasteiger partial charge in [0.05, 0.1) is 12.5 Å². The van der Waals surface area contributed by atoms with Crippen LogP contribution >= 0.6 is 0 Å². The van der Waals surface area contributed by atoms with Crippen LogP contribution in [-0.2, 0) is 30.4 Å².